The summed E-state index contributed by atoms with van der Waals surface area (Å²) in [4.78, 5) is 14.8. The molecule has 2 rings (SSSR count). The molecule has 116 valence electrons. The number of amides is 1. The second kappa shape index (κ2) is 6.93. The molecule has 1 amide bonds. The van der Waals surface area contributed by atoms with Crippen molar-refractivity contribution in [2.45, 2.75) is 90.8 Å². The fraction of sp³-hybridized carbons (Fsp3) is 0.941. The van der Waals surface area contributed by atoms with Crippen LogP contribution in [0, 0.1) is 5.41 Å². The summed E-state index contributed by atoms with van der Waals surface area (Å²) in [5.41, 5.74) is 0.350. The maximum Gasteiger partial charge on any atom is 0.241 e. The third-order valence-corrected chi connectivity index (χ3v) is 5.10. The molecule has 0 aromatic heterocycles. The van der Waals surface area contributed by atoms with Crippen LogP contribution in [0.4, 0.5) is 0 Å². The largest absolute Gasteiger partial charge is 0.325 e. The Morgan fingerprint density at radius 1 is 1.15 bits per heavy atom. The Bertz CT molecular complexity index is 323. The first-order valence-corrected chi connectivity index (χ1v) is 8.66. The van der Waals surface area contributed by atoms with E-state index < -0.39 is 0 Å². The van der Waals surface area contributed by atoms with Gasteiger partial charge in [-0.05, 0) is 31.1 Å². The average Bonchev–Trinajstić information content (AvgIpc) is 2.69. The first-order chi connectivity index (χ1) is 9.59. The Morgan fingerprint density at radius 3 is 2.40 bits per heavy atom. The number of nitrogens with one attached hydrogen (secondary N) is 1. The third kappa shape index (κ3) is 3.55. The maximum absolute atomic E-state index is 12.7. The van der Waals surface area contributed by atoms with Crippen LogP contribution in [0.5, 0.6) is 0 Å². The third-order valence-electron chi connectivity index (χ3n) is 5.10. The summed E-state index contributed by atoms with van der Waals surface area (Å²) in [5.74, 6) is 0.358. The second-order valence-corrected chi connectivity index (χ2v) is 7.15. The molecular weight excluding hydrogens is 248 g/mol. The summed E-state index contributed by atoms with van der Waals surface area (Å²) in [5, 5.41) is 3.58. The first kappa shape index (κ1) is 15.8. The van der Waals surface area contributed by atoms with Gasteiger partial charge in [-0.25, -0.2) is 0 Å². The predicted molar refractivity (Wildman–Crippen MR) is 83.4 cm³/mol. The topological polar surface area (TPSA) is 32.3 Å². The van der Waals surface area contributed by atoms with Gasteiger partial charge in [-0.15, -0.1) is 0 Å². The molecule has 0 aromatic rings. The number of hydrogen-bond donors (Lipinski definition) is 1. The molecule has 0 spiro atoms. The summed E-state index contributed by atoms with van der Waals surface area (Å²) >= 11 is 0. The van der Waals surface area contributed by atoms with Gasteiger partial charge in [-0.3, -0.25) is 10.1 Å². The van der Waals surface area contributed by atoms with Crippen LogP contribution in [0.3, 0.4) is 0 Å². The summed E-state index contributed by atoms with van der Waals surface area (Å²) in [6.45, 7) is 7.72. The monoisotopic (exact) mass is 280 g/mol. The molecule has 2 unspecified atom stereocenters. The van der Waals surface area contributed by atoms with Gasteiger partial charge >= 0.3 is 0 Å². The molecule has 1 saturated heterocycles. The maximum atomic E-state index is 12.7. The van der Waals surface area contributed by atoms with Gasteiger partial charge in [0.25, 0.3) is 0 Å². The summed E-state index contributed by atoms with van der Waals surface area (Å²) in [6, 6.07) is 0.0729. The van der Waals surface area contributed by atoms with E-state index in [-0.39, 0.29) is 12.2 Å². The molecule has 1 saturated carbocycles. The van der Waals surface area contributed by atoms with Gasteiger partial charge in [-0.2, -0.15) is 0 Å². The number of carbonyl (C=O) groups excluding carboxylic acids is 1. The molecule has 0 radical (unpaired) electrons. The van der Waals surface area contributed by atoms with Gasteiger partial charge in [0.05, 0.1) is 12.2 Å². The van der Waals surface area contributed by atoms with Crippen LogP contribution in [-0.2, 0) is 4.79 Å². The lowest BCUT2D eigenvalue weighted by atomic mass is 9.75. The van der Waals surface area contributed by atoms with Crippen LogP contribution in [0.1, 0.15) is 78.6 Å². The van der Waals surface area contributed by atoms with Crippen molar-refractivity contribution in [2.24, 2.45) is 5.41 Å². The molecule has 2 fully saturated rings. The highest BCUT2D eigenvalue weighted by Gasteiger charge is 2.41. The van der Waals surface area contributed by atoms with E-state index in [0.717, 1.165) is 32.2 Å². The minimum absolute atomic E-state index is 0.0729. The molecule has 0 aromatic carbocycles. The average molecular weight is 280 g/mol. The fourth-order valence-electron chi connectivity index (χ4n) is 3.92. The lowest BCUT2D eigenvalue weighted by Crippen LogP contribution is -2.44. The van der Waals surface area contributed by atoms with Gasteiger partial charge in [0.1, 0.15) is 0 Å². The van der Waals surface area contributed by atoms with Crippen molar-refractivity contribution in [1.29, 1.82) is 0 Å². The number of carbonyl (C=O) groups is 1. The van der Waals surface area contributed by atoms with Crippen molar-refractivity contribution < 1.29 is 4.79 Å². The normalized spacial score (nSPS) is 29.9. The van der Waals surface area contributed by atoms with E-state index in [4.69, 9.17) is 0 Å². The van der Waals surface area contributed by atoms with Crippen LogP contribution in [-0.4, -0.2) is 29.6 Å². The molecule has 1 aliphatic heterocycles. The molecule has 3 nitrogen and oxygen atoms in total. The van der Waals surface area contributed by atoms with Crippen LogP contribution in [0.25, 0.3) is 0 Å². The van der Waals surface area contributed by atoms with Gasteiger partial charge < -0.3 is 4.90 Å². The molecular formula is C17H32N2O. The van der Waals surface area contributed by atoms with Crippen molar-refractivity contribution >= 4 is 5.91 Å². The Morgan fingerprint density at radius 2 is 1.80 bits per heavy atom. The zero-order chi connectivity index (χ0) is 14.6. The Kier molecular flexibility index (Phi) is 5.48. The Labute approximate surface area is 124 Å². The van der Waals surface area contributed by atoms with Crippen molar-refractivity contribution in [3.05, 3.63) is 0 Å². The molecule has 1 heterocycles. The van der Waals surface area contributed by atoms with Gasteiger partial charge in [0.2, 0.25) is 5.91 Å². The minimum Gasteiger partial charge on any atom is -0.325 e. The van der Waals surface area contributed by atoms with E-state index in [1.54, 1.807) is 0 Å². The highest BCUT2D eigenvalue weighted by Crippen LogP contribution is 2.37. The fourth-order valence-corrected chi connectivity index (χ4v) is 3.92. The highest BCUT2D eigenvalue weighted by atomic mass is 16.2. The van der Waals surface area contributed by atoms with Gasteiger partial charge in [0.15, 0.2) is 0 Å². The highest BCUT2D eigenvalue weighted by molar-refractivity contribution is 5.84. The van der Waals surface area contributed by atoms with Crippen molar-refractivity contribution in [1.82, 2.24) is 10.2 Å². The van der Waals surface area contributed by atoms with Crippen molar-refractivity contribution in [3.8, 4) is 0 Å². The predicted octanol–water partition coefficient (Wildman–Crippen LogP) is 3.68. The number of hydrogen-bond acceptors (Lipinski definition) is 2. The minimum atomic E-state index is 0.0729. The molecule has 1 aliphatic carbocycles. The van der Waals surface area contributed by atoms with E-state index in [9.17, 15) is 4.79 Å². The molecule has 1 N–H and O–H groups in total. The zero-order valence-corrected chi connectivity index (χ0v) is 13.6. The lowest BCUT2D eigenvalue weighted by molar-refractivity contribution is -0.132. The smallest absolute Gasteiger partial charge is 0.241 e. The second-order valence-electron chi connectivity index (χ2n) is 7.15. The summed E-state index contributed by atoms with van der Waals surface area (Å²) in [6.07, 6.45) is 11.2. The van der Waals surface area contributed by atoms with Gasteiger partial charge in [0, 0.05) is 6.54 Å². The SMILES string of the molecule is CCCC1NC(CCC)N(CC2(C)CCCCC2)C1=O. The summed E-state index contributed by atoms with van der Waals surface area (Å²) in [7, 11) is 0. The van der Waals surface area contributed by atoms with E-state index in [2.05, 4.69) is 31.0 Å². The van der Waals surface area contributed by atoms with E-state index in [1.165, 1.54) is 32.1 Å². The van der Waals surface area contributed by atoms with E-state index >= 15 is 0 Å². The van der Waals surface area contributed by atoms with E-state index in [0.29, 0.717) is 11.3 Å². The first-order valence-electron chi connectivity index (χ1n) is 8.66. The molecule has 2 aliphatic rings. The standard InChI is InChI=1S/C17H32N2O/c1-4-9-14-16(20)19(15(18-14)10-5-2)13-17(3)11-7-6-8-12-17/h14-15,18H,4-13H2,1-3H3. The molecule has 2 atom stereocenters. The van der Waals surface area contributed by atoms with Crippen molar-refractivity contribution in [2.75, 3.05) is 6.54 Å². The van der Waals surface area contributed by atoms with Gasteiger partial charge in [-0.1, -0.05) is 52.9 Å². The molecule has 20 heavy (non-hydrogen) atoms. The van der Waals surface area contributed by atoms with Crippen LogP contribution >= 0.6 is 0 Å². The number of nitrogens with zero attached hydrogens (tertiary/aromatic N) is 1. The van der Waals surface area contributed by atoms with Crippen LogP contribution < -0.4 is 5.32 Å². The molecule has 0 bridgehead atoms. The zero-order valence-electron chi connectivity index (χ0n) is 13.6. The Hall–Kier alpha value is -0.570. The van der Waals surface area contributed by atoms with Crippen LogP contribution in [0.15, 0.2) is 0 Å². The quantitative estimate of drug-likeness (QED) is 0.805. The van der Waals surface area contributed by atoms with E-state index in [1.807, 2.05) is 0 Å². The Balaban J connectivity index is 2.03. The number of rotatable bonds is 6. The van der Waals surface area contributed by atoms with Crippen LogP contribution in [0.2, 0.25) is 0 Å². The summed E-state index contributed by atoms with van der Waals surface area (Å²) < 4.78 is 0. The lowest BCUT2D eigenvalue weighted by Gasteiger charge is -2.38. The molecule has 3 heteroatoms. The van der Waals surface area contributed by atoms with Crippen molar-refractivity contribution in [3.63, 3.8) is 0 Å².